The van der Waals surface area contributed by atoms with E-state index >= 15 is 0 Å². The lowest BCUT2D eigenvalue weighted by molar-refractivity contribution is 0.153. The van der Waals surface area contributed by atoms with E-state index in [1.165, 1.54) is 0 Å². The Balaban J connectivity index is 2.06. The molecule has 0 spiro atoms. The molecule has 0 unspecified atom stereocenters. The van der Waals surface area contributed by atoms with Crippen LogP contribution in [0.3, 0.4) is 0 Å². The second kappa shape index (κ2) is 7.82. The van der Waals surface area contributed by atoms with E-state index in [0.717, 1.165) is 5.69 Å². The highest BCUT2D eigenvalue weighted by Gasteiger charge is 1.98. The molecule has 0 fully saturated rings. The van der Waals surface area contributed by atoms with Crippen molar-refractivity contribution in [3.63, 3.8) is 0 Å². The Hall–Kier alpha value is -1.42. The number of nitrogens with one attached hydrogen (secondary N) is 2. The van der Waals surface area contributed by atoms with Crippen LogP contribution in [0.15, 0.2) is 30.3 Å². The quantitative estimate of drug-likeness (QED) is 0.593. The summed E-state index contributed by atoms with van der Waals surface area (Å²) in [6.07, 6.45) is -0.435. The van der Waals surface area contributed by atoms with E-state index in [1.807, 2.05) is 30.3 Å². The molecule has 2 N–H and O–H groups in total. The highest BCUT2D eigenvalue weighted by Crippen LogP contribution is 2.03. The van der Waals surface area contributed by atoms with Crippen LogP contribution in [0.2, 0.25) is 0 Å². The second-order valence-corrected chi connectivity index (χ2v) is 3.42. The van der Waals surface area contributed by atoms with E-state index in [1.54, 1.807) is 0 Å². The van der Waals surface area contributed by atoms with Gasteiger partial charge in [-0.15, -0.1) is 11.6 Å². The molecule has 1 aromatic rings. The minimum Gasteiger partial charge on any atom is -0.448 e. The molecule has 0 aliphatic carbocycles. The molecule has 0 aliphatic rings. The first-order chi connectivity index (χ1) is 7.83. The SMILES string of the molecule is O=C(NCCNc1ccccc1)OCCCl. The van der Waals surface area contributed by atoms with Crippen molar-refractivity contribution in [2.45, 2.75) is 0 Å². The third-order valence-corrected chi connectivity index (χ3v) is 1.96. The molecule has 0 aliphatic heterocycles. The summed E-state index contributed by atoms with van der Waals surface area (Å²) in [7, 11) is 0. The van der Waals surface area contributed by atoms with Gasteiger partial charge in [0.05, 0.1) is 5.88 Å². The fourth-order valence-electron chi connectivity index (χ4n) is 1.11. The van der Waals surface area contributed by atoms with Crippen LogP contribution in [0.4, 0.5) is 10.5 Å². The van der Waals surface area contributed by atoms with Crippen LogP contribution in [-0.4, -0.2) is 31.7 Å². The lowest BCUT2D eigenvalue weighted by atomic mass is 10.3. The van der Waals surface area contributed by atoms with Gasteiger partial charge in [-0.3, -0.25) is 0 Å². The van der Waals surface area contributed by atoms with E-state index < -0.39 is 6.09 Å². The second-order valence-electron chi connectivity index (χ2n) is 3.04. The number of para-hydroxylation sites is 1. The summed E-state index contributed by atoms with van der Waals surface area (Å²) in [5.41, 5.74) is 1.03. The molecule has 1 aromatic carbocycles. The van der Waals surface area contributed by atoms with Crippen LogP contribution in [0.25, 0.3) is 0 Å². The molecule has 4 nitrogen and oxygen atoms in total. The van der Waals surface area contributed by atoms with Crippen molar-refractivity contribution in [2.75, 3.05) is 30.9 Å². The molecule has 0 atom stereocenters. The number of halogens is 1. The van der Waals surface area contributed by atoms with Crippen molar-refractivity contribution in [3.05, 3.63) is 30.3 Å². The zero-order valence-corrected chi connectivity index (χ0v) is 9.67. The highest BCUT2D eigenvalue weighted by atomic mass is 35.5. The Bertz CT molecular complexity index is 306. The summed E-state index contributed by atoms with van der Waals surface area (Å²) in [4.78, 5) is 11.0. The maximum absolute atomic E-state index is 11.0. The molecule has 0 aromatic heterocycles. The molecule has 0 saturated carbocycles. The van der Waals surface area contributed by atoms with Crippen LogP contribution in [0.1, 0.15) is 0 Å². The van der Waals surface area contributed by atoms with Crippen molar-refractivity contribution >= 4 is 23.4 Å². The molecule has 0 saturated heterocycles. The Morgan fingerprint density at radius 1 is 1.25 bits per heavy atom. The summed E-state index contributed by atoms with van der Waals surface area (Å²) in [5, 5.41) is 5.77. The van der Waals surface area contributed by atoms with E-state index in [9.17, 15) is 4.79 Å². The highest BCUT2D eigenvalue weighted by molar-refractivity contribution is 6.18. The van der Waals surface area contributed by atoms with E-state index in [-0.39, 0.29) is 6.61 Å². The fourth-order valence-corrected chi connectivity index (χ4v) is 1.19. The Kier molecular flexibility index (Phi) is 6.18. The predicted octanol–water partition coefficient (Wildman–Crippen LogP) is 2.06. The summed E-state index contributed by atoms with van der Waals surface area (Å²) in [6, 6.07) is 9.78. The zero-order chi connectivity index (χ0) is 11.6. The lowest BCUT2D eigenvalue weighted by Gasteiger charge is -2.07. The molecule has 16 heavy (non-hydrogen) atoms. The van der Waals surface area contributed by atoms with Gasteiger partial charge < -0.3 is 15.4 Å². The first-order valence-corrected chi connectivity index (χ1v) is 5.62. The van der Waals surface area contributed by atoms with Crippen LogP contribution < -0.4 is 10.6 Å². The molecule has 1 rings (SSSR count). The summed E-state index contributed by atoms with van der Waals surface area (Å²) < 4.78 is 4.73. The number of rotatable bonds is 6. The van der Waals surface area contributed by atoms with E-state index in [2.05, 4.69) is 10.6 Å². The van der Waals surface area contributed by atoms with Gasteiger partial charge in [-0.2, -0.15) is 0 Å². The number of anilines is 1. The molecule has 1 amide bonds. The Morgan fingerprint density at radius 3 is 2.69 bits per heavy atom. The van der Waals surface area contributed by atoms with Crippen molar-refractivity contribution in [1.29, 1.82) is 0 Å². The molecular weight excluding hydrogens is 228 g/mol. The molecule has 88 valence electrons. The molecule has 0 radical (unpaired) electrons. The number of alkyl carbamates (subject to hydrolysis) is 1. The summed E-state index contributed by atoms with van der Waals surface area (Å²) in [6.45, 7) is 1.40. The number of hydrogen-bond acceptors (Lipinski definition) is 3. The zero-order valence-electron chi connectivity index (χ0n) is 8.91. The van der Waals surface area contributed by atoms with Crippen molar-refractivity contribution in [3.8, 4) is 0 Å². The topological polar surface area (TPSA) is 50.4 Å². The van der Waals surface area contributed by atoms with E-state index in [4.69, 9.17) is 16.3 Å². The summed E-state index contributed by atoms with van der Waals surface area (Å²) in [5.74, 6) is 0.315. The van der Waals surface area contributed by atoms with Gasteiger partial charge in [0.1, 0.15) is 6.61 Å². The number of carbonyl (C=O) groups excluding carboxylic acids is 1. The number of hydrogen-bond donors (Lipinski definition) is 2. The molecule has 5 heteroatoms. The third kappa shape index (κ3) is 5.46. The minimum absolute atomic E-state index is 0.236. The van der Waals surface area contributed by atoms with Gasteiger partial charge in [-0.25, -0.2) is 4.79 Å². The molecular formula is C11H15ClN2O2. The fraction of sp³-hybridized carbons (Fsp3) is 0.364. The van der Waals surface area contributed by atoms with Crippen molar-refractivity contribution < 1.29 is 9.53 Å². The normalized spacial score (nSPS) is 9.56. The number of carbonyl (C=O) groups is 1. The number of alkyl halides is 1. The summed E-state index contributed by atoms with van der Waals surface area (Å²) >= 11 is 5.37. The predicted molar refractivity (Wildman–Crippen MR) is 65.0 cm³/mol. The third-order valence-electron chi connectivity index (χ3n) is 1.81. The van der Waals surface area contributed by atoms with Crippen molar-refractivity contribution in [1.82, 2.24) is 5.32 Å². The van der Waals surface area contributed by atoms with Gasteiger partial charge in [-0.1, -0.05) is 18.2 Å². The first-order valence-electron chi connectivity index (χ1n) is 5.08. The van der Waals surface area contributed by atoms with Crippen LogP contribution in [0, 0.1) is 0 Å². The minimum atomic E-state index is -0.435. The number of amides is 1. The van der Waals surface area contributed by atoms with Gasteiger partial charge >= 0.3 is 6.09 Å². The van der Waals surface area contributed by atoms with Gasteiger partial charge in [0.2, 0.25) is 0 Å². The van der Waals surface area contributed by atoms with Crippen LogP contribution >= 0.6 is 11.6 Å². The van der Waals surface area contributed by atoms with Crippen molar-refractivity contribution in [2.24, 2.45) is 0 Å². The smallest absolute Gasteiger partial charge is 0.407 e. The van der Waals surface area contributed by atoms with Gasteiger partial charge in [0, 0.05) is 18.8 Å². The van der Waals surface area contributed by atoms with Crippen LogP contribution in [0.5, 0.6) is 0 Å². The lowest BCUT2D eigenvalue weighted by Crippen LogP contribution is -2.29. The number of ether oxygens (including phenoxy) is 1. The van der Waals surface area contributed by atoms with Gasteiger partial charge in [-0.05, 0) is 12.1 Å². The van der Waals surface area contributed by atoms with Gasteiger partial charge in [0.25, 0.3) is 0 Å². The molecule has 0 heterocycles. The molecule has 0 bridgehead atoms. The maximum Gasteiger partial charge on any atom is 0.407 e. The maximum atomic E-state index is 11.0. The standard InChI is InChI=1S/C11H15ClN2O2/c12-6-9-16-11(15)14-8-7-13-10-4-2-1-3-5-10/h1-5,13H,6-9H2,(H,14,15). The van der Waals surface area contributed by atoms with Crippen LogP contribution in [-0.2, 0) is 4.74 Å². The first kappa shape index (κ1) is 12.6. The number of benzene rings is 1. The Morgan fingerprint density at radius 2 is 2.00 bits per heavy atom. The van der Waals surface area contributed by atoms with E-state index in [0.29, 0.717) is 19.0 Å². The average molecular weight is 243 g/mol. The largest absolute Gasteiger partial charge is 0.448 e. The monoisotopic (exact) mass is 242 g/mol. The van der Waals surface area contributed by atoms with Gasteiger partial charge in [0.15, 0.2) is 0 Å². The average Bonchev–Trinajstić information content (AvgIpc) is 2.33. The Labute approximate surface area is 99.9 Å².